The summed E-state index contributed by atoms with van der Waals surface area (Å²) in [6.07, 6.45) is 1.85. The van der Waals surface area contributed by atoms with Crippen molar-refractivity contribution < 1.29 is 9.53 Å². The van der Waals surface area contributed by atoms with E-state index >= 15 is 0 Å². The van der Waals surface area contributed by atoms with Crippen LogP contribution >= 0.6 is 0 Å². The van der Waals surface area contributed by atoms with E-state index in [1.807, 2.05) is 18.4 Å². The molecule has 0 spiro atoms. The van der Waals surface area contributed by atoms with E-state index in [2.05, 4.69) is 0 Å². The highest BCUT2D eigenvalue weighted by Gasteiger charge is 1.98. The van der Waals surface area contributed by atoms with Crippen molar-refractivity contribution in [3.63, 3.8) is 0 Å². The monoisotopic (exact) mass is 149 g/mol. The molecule has 0 unspecified atom stereocenters. The molecule has 0 aromatic heterocycles. The topological polar surface area (TPSA) is 26.3 Å². The van der Waals surface area contributed by atoms with Crippen molar-refractivity contribution in [2.24, 2.45) is 0 Å². The van der Waals surface area contributed by atoms with Crippen molar-refractivity contribution >= 4 is 6.29 Å². The largest absolute Gasteiger partial charge is 0.380 e. The average Bonchev–Trinajstić information content (AvgIpc) is 2.06. The fourth-order valence-electron chi connectivity index (χ4n) is 0.901. The van der Waals surface area contributed by atoms with E-state index in [1.54, 1.807) is 19.2 Å². The third-order valence-corrected chi connectivity index (χ3v) is 1.43. The molecule has 11 heavy (non-hydrogen) atoms. The quantitative estimate of drug-likeness (QED) is 0.647. The van der Waals surface area contributed by atoms with Crippen molar-refractivity contribution in [3.05, 3.63) is 35.4 Å². The number of hydrogen-bond donors (Lipinski definition) is 0. The molecule has 0 fully saturated rings. The van der Waals surface area contributed by atoms with Gasteiger partial charge in [-0.1, -0.05) is 24.3 Å². The van der Waals surface area contributed by atoms with Crippen LogP contribution in [-0.2, 0) is 16.1 Å². The van der Waals surface area contributed by atoms with Gasteiger partial charge >= 0.3 is 0 Å². The van der Waals surface area contributed by atoms with Crippen LogP contribution in [0.25, 0.3) is 0 Å². The third-order valence-electron chi connectivity index (χ3n) is 1.43. The molecule has 57 valence electrons. The number of methoxy groups -OCH3 is 1. The van der Waals surface area contributed by atoms with Crippen LogP contribution in [0.2, 0.25) is 0 Å². The number of hydrogen-bond acceptors (Lipinski definition) is 2. The van der Waals surface area contributed by atoms with Gasteiger partial charge in [-0.15, -0.1) is 0 Å². The minimum Gasteiger partial charge on any atom is -0.380 e. The summed E-state index contributed by atoms with van der Waals surface area (Å²) < 4.78 is 4.89. The van der Waals surface area contributed by atoms with Crippen LogP contribution in [-0.4, -0.2) is 13.4 Å². The molecule has 1 aromatic rings. The first-order valence-corrected chi connectivity index (χ1v) is 3.33. The van der Waals surface area contributed by atoms with Gasteiger partial charge in [-0.05, 0) is 5.56 Å². The molecule has 0 bridgehead atoms. The van der Waals surface area contributed by atoms with Gasteiger partial charge in [0.1, 0.15) is 0 Å². The molecule has 2 nitrogen and oxygen atoms in total. The zero-order valence-electron chi connectivity index (χ0n) is 6.33. The second-order valence-electron chi connectivity index (χ2n) is 2.19. The third kappa shape index (κ3) is 1.88. The van der Waals surface area contributed by atoms with Gasteiger partial charge in [-0.2, -0.15) is 0 Å². The first kappa shape index (κ1) is 7.95. The predicted molar refractivity (Wildman–Crippen MR) is 42.0 cm³/mol. The summed E-state index contributed by atoms with van der Waals surface area (Å²) >= 11 is 0. The van der Waals surface area contributed by atoms with Crippen molar-refractivity contribution in [2.75, 3.05) is 7.11 Å². The summed E-state index contributed by atoms with van der Waals surface area (Å²) in [5, 5.41) is 0. The van der Waals surface area contributed by atoms with Crippen LogP contribution in [0.3, 0.4) is 0 Å². The summed E-state index contributed by atoms with van der Waals surface area (Å²) in [7, 11) is 1.60. The Bertz CT molecular complexity index is 243. The van der Waals surface area contributed by atoms with Gasteiger partial charge in [0.2, 0.25) is 6.29 Å². The zero-order valence-corrected chi connectivity index (χ0v) is 6.33. The van der Waals surface area contributed by atoms with E-state index < -0.39 is 0 Å². The van der Waals surface area contributed by atoms with E-state index in [0.29, 0.717) is 12.2 Å². The maximum absolute atomic E-state index is 10.3. The molecular formula is C9H9O2. The molecule has 0 aliphatic heterocycles. The maximum atomic E-state index is 10.3. The molecule has 0 aliphatic rings. The van der Waals surface area contributed by atoms with Crippen LogP contribution in [0.15, 0.2) is 24.3 Å². The van der Waals surface area contributed by atoms with Crippen LogP contribution < -0.4 is 0 Å². The molecule has 0 amide bonds. The molecule has 0 N–H and O–H groups in total. The summed E-state index contributed by atoms with van der Waals surface area (Å²) in [4.78, 5) is 10.3. The second kappa shape index (κ2) is 3.88. The SMILES string of the molecule is COCc1ccccc1[C]=O. The Labute approximate surface area is 65.8 Å². The summed E-state index contributed by atoms with van der Waals surface area (Å²) in [5.74, 6) is 0. The molecule has 0 saturated carbocycles. The van der Waals surface area contributed by atoms with Crippen molar-refractivity contribution in [1.29, 1.82) is 0 Å². The summed E-state index contributed by atoms with van der Waals surface area (Å²) in [5.41, 5.74) is 1.46. The number of benzene rings is 1. The van der Waals surface area contributed by atoms with Gasteiger partial charge in [-0.3, -0.25) is 4.79 Å². The molecule has 1 radical (unpaired) electrons. The fourth-order valence-corrected chi connectivity index (χ4v) is 0.901. The lowest BCUT2D eigenvalue weighted by molar-refractivity contribution is 0.184. The smallest absolute Gasteiger partial charge is 0.233 e. The van der Waals surface area contributed by atoms with Gasteiger partial charge in [0.15, 0.2) is 0 Å². The predicted octanol–water partition coefficient (Wildman–Crippen LogP) is 1.29. The van der Waals surface area contributed by atoms with E-state index in [0.717, 1.165) is 5.56 Å². The summed E-state index contributed by atoms with van der Waals surface area (Å²) in [6, 6.07) is 7.25. The highest BCUT2D eigenvalue weighted by atomic mass is 16.5. The standard InChI is InChI=1S/C9H9O2/c1-11-7-9-5-3-2-4-8(9)6-10/h2-5H,7H2,1H3. The van der Waals surface area contributed by atoms with Crippen molar-refractivity contribution in [1.82, 2.24) is 0 Å². The number of ether oxygens (including phenoxy) is 1. The Morgan fingerprint density at radius 3 is 2.82 bits per heavy atom. The van der Waals surface area contributed by atoms with Crippen LogP contribution in [0.5, 0.6) is 0 Å². The lowest BCUT2D eigenvalue weighted by Crippen LogP contribution is -1.93. The van der Waals surface area contributed by atoms with Crippen molar-refractivity contribution in [2.45, 2.75) is 6.61 Å². The fraction of sp³-hybridized carbons (Fsp3) is 0.222. The molecule has 0 heterocycles. The Balaban J connectivity index is 2.92. The van der Waals surface area contributed by atoms with E-state index in [9.17, 15) is 4.79 Å². The lowest BCUT2D eigenvalue weighted by Gasteiger charge is -2.00. The van der Waals surface area contributed by atoms with Crippen LogP contribution in [0, 0.1) is 0 Å². The Morgan fingerprint density at radius 1 is 1.45 bits per heavy atom. The molecule has 0 aliphatic carbocycles. The van der Waals surface area contributed by atoms with Crippen LogP contribution in [0.1, 0.15) is 11.1 Å². The second-order valence-corrected chi connectivity index (χ2v) is 2.19. The Kier molecular flexibility index (Phi) is 2.81. The van der Waals surface area contributed by atoms with E-state index in [-0.39, 0.29) is 0 Å². The van der Waals surface area contributed by atoms with Crippen molar-refractivity contribution in [3.8, 4) is 0 Å². The van der Waals surface area contributed by atoms with Gasteiger partial charge in [-0.25, -0.2) is 0 Å². The van der Waals surface area contributed by atoms with Gasteiger partial charge in [0.05, 0.1) is 6.61 Å². The summed E-state index contributed by atoms with van der Waals surface area (Å²) in [6.45, 7) is 0.464. The number of rotatable bonds is 3. The van der Waals surface area contributed by atoms with Gasteiger partial charge in [0, 0.05) is 12.7 Å². The lowest BCUT2D eigenvalue weighted by atomic mass is 10.1. The molecular weight excluding hydrogens is 140 g/mol. The molecule has 0 atom stereocenters. The Morgan fingerprint density at radius 2 is 2.18 bits per heavy atom. The molecule has 2 heteroatoms. The first-order valence-electron chi connectivity index (χ1n) is 3.33. The first-order chi connectivity index (χ1) is 5.38. The van der Waals surface area contributed by atoms with Gasteiger partial charge in [0.25, 0.3) is 0 Å². The number of carbonyl (C=O) groups excluding carboxylic acids is 1. The molecule has 1 aromatic carbocycles. The molecule has 1 rings (SSSR count). The van der Waals surface area contributed by atoms with Crippen LogP contribution in [0.4, 0.5) is 0 Å². The minimum atomic E-state index is 0.464. The highest BCUT2D eigenvalue weighted by molar-refractivity contribution is 5.77. The normalized spacial score (nSPS) is 9.55. The van der Waals surface area contributed by atoms with E-state index in [1.165, 1.54) is 0 Å². The molecule has 0 saturated heterocycles. The van der Waals surface area contributed by atoms with Gasteiger partial charge < -0.3 is 4.74 Å². The highest BCUT2D eigenvalue weighted by Crippen LogP contribution is 2.06. The average molecular weight is 149 g/mol. The maximum Gasteiger partial charge on any atom is 0.233 e. The van der Waals surface area contributed by atoms with E-state index in [4.69, 9.17) is 4.74 Å². The zero-order chi connectivity index (χ0) is 8.10. The minimum absolute atomic E-state index is 0.464. The Hall–Kier alpha value is -1.15.